The first kappa shape index (κ1) is 17.7. The summed E-state index contributed by atoms with van der Waals surface area (Å²) in [6.45, 7) is 6.56. The van der Waals surface area contributed by atoms with E-state index in [4.69, 9.17) is 5.11 Å². The number of hydrogen-bond donors (Lipinski definition) is 2. The number of nitrogens with zero attached hydrogens (tertiary/aromatic N) is 1. The molecule has 0 aromatic heterocycles. The lowest BCUT2D eigenvalue weighted by atomic mass is 10.2. The molecule has 0 aliphatic heterocycles. The molecule has 1 rings (SSSR count). The summed E-state index contributed by atoms with van der Waals surface area (Å²) < 4.78 is 27.2. The lowest BCUT2D eigenvalue weighted by molar-refractivity contribution is 0.309. The Morgan fingerprint density at radius 2 is 1.90 bits per heavy atom. The molecule has 0 unspecified atom stereocenters. The van der Waals surface area contributed by atoms with Gasteiger partial charge in [0.15, 0.2) is 0 Å². The largest absolute Gasteiger partial charge is 0.384 e. The third-order valence-electron chi connectivity index (χ3n) is 3.09. The van der Waals surface area contributed by atoms with Crippen molar-refractivity contribution < 1.29 is 13.5 Å². The van der Waals surface area contributed by atoms with Crippen LogP contribution in [-0.2, 0) is 10.0 Å². The first-order chi connectivity index (χ1) is 10.0. The first-order valence-corrected chi connectivity index (χ1v) is 8.44. The van der Waals surface area contributed by atoms with Gasteiger partial charge in [0.1, 0.15) is 6.61 Å². The molecule has 0 aliphatic carbocycles. The van der Waals surface area contributed by atoms with Gasteiger partial charge in [-0.2, -0.15) is 0 Å². The third-order valence-corrected chi connectivity index (χ3v) is 4.61. The lowest BCUT2D eigenvalue weighted by Crippen LogP contribution is -2.35. The minimum absolute atomic E-state index is 0.144. The number of rotatable bonds is 7. The van der Waals surface area contributed by atoms with Gasteiger partial charge in [0.25, 0.3) is 0 Å². The zero-order valence-electron chi connectivity index (χ0n) is 12.5. The van der Waals surface area contributed by atoms with Crippen LogP contribution in [-0.4, -0.2) is 51.2 Å². The van der Waals surface area contributed by atoms with Gasteiger partial charge >= 0.3 is 0 Å². The maximum Gasteiger partial charge on any atom is 0.241 e. The van der Waals surface area contributed by atoms with Crippen molar-refractivity contribution in [3.05, 3.63) is 29.8 Å². The summed E-state index contributed by atoms with van der Waals surface area (Å²) in [5, 5.41) is 8.73. The Labute approximate surface area is 127 Å². The highest BCUT2D eigenvalue weighted by Crippen LogP contribution is 2.13. The van der Waals surface area contributed by atoms with Crippen molar-refractivity contribution in [1.82, 2.24) is 9.62 Å². The molecule has 1 aromatic carbocycles. The second kappa shape index (κ2) is 8.80. The molecule has 0 saturated carbocycles. The maximum atomic E-state index is 12.3. The smallest absolute Gasteiger partial charge is 0.241 e. The second-order valence-electron chi connectivity index (χ2n) is 4.38. The Bertz CT molecular complexity index is 599. The standard InChI is InChI=1S/C15H22N2O3S/c1-3-17(4-2)12-11-16-21(19,20)15-10-6-5-8-14(15)9-7-13-18/h5-6,8,10,16,18H,3-4,11-13H2,1-2H3. The molecule has 0 radical (unpaired) electrons. The van der Waals surface area contributed by atoms with Gasteiger partial charge in [-0.25, -0.2) is 13.1 Å². The van der Waals surface area contributed by atoms with Crippen LogP contribution in [0.4, 0.5) is 0 Å². The lowest BCUT2D eigenvalue weighted by Gasteiger charge is -2.18. The number of benzene rings is 1. The molecule has 0 fully saturated rings. The van der Waals surface area contributed by atoms with E-state index in [1.54, 1.807) is 18.2 Å². The summed E-state index contributed by atoms with van der Waals surface area (Å²) in [6.07, 6.45) is 0. The van der Waals surface area contributed by atoms with Crippen LogP contribution >= 0.6 is 0 Å². The van der Waals surface area contributed by atoms with E-state index in [0.717, 1.165) is 13.1 Å². The van der Waals surface area contributed by atoms with E-state index in [1.807, 2.05) is 13.8 Å². The highest BCUT2D eigenvalue weighted by atomic mass is 32.2. The summed E-state index contributed by atoms with van der Waals surface area (Å²) in [4.78, 5) is 2.28. The van der Waals surface area contributed by atoms with Crippen molar-refractivity contribution in [2.75, 3.05) is 32.8 Å². The zero-order chi connectivity index (χ0) is 15.7. The van der Waals surface area contributed by atoms with Crippen LogP contribution in [0.15, 0.2) is 29.2 Å². The molecule has 0 atom stereocenters. The molecule has 1 aromatic rings. The van der Waals surface area contributed by atoms with Crippen LogP contribution in [0.25, 0.3) is 0 Å². The molecule has 21 heavy (non-hydrogen) atoms. The highest BCUT2D eigenvalue weighted by Gasteiger charge is 2.16. The van der Waals surface area contributed by atoms with Gasteiger partial charge in [-0.1, -0.05) is 37.8 Å². The van der Waals surface area contributed by atoms with Crippen molar-refractivity contribution >= 4 is 10.0 Å². The predicted octanol–water partition coefficient (Wildman–Crippen LogP) is 0.650. The van der Waals surface area contributed by atoms with E-state index < -0.39 is 10.0 Å². The van der Waals surface area contributed by atoms with Crippen LogP contribution in [0.2, 0.25) is 0 Å². The summed E-state index contributed by atoms with van der Waals surface area (Å²) in [7, 11) is -3.59. The Kier molecular flexibility index (Phi) is 7.40. The van der Waals surface area contributed by atoms with Crippen LogP contribution in [0.1, 0.15) is 19.4 Å². The van der Waals surface area contributed by atoms with Gasteiger partial charge in [-0.15, -0.1) is 0 Å². The number of aliphatic hydroxyl groups excluding tert-OH is 1. The van der Waals surface area contributed by atoms with E-state index in [2.05, 4.69) is 21.5 Å². The Hall–Kier alpha value is -1.39. The van der Waals surface area contributed by atoms with Crippen molar-refractivity contribution in [2.45, 2.75) is 18.7 Å². The van der Waals surface area contributed by atoms with Crippen LogP contribution in [0.5, 0.6) is 0 Å². The monoisotopic (exact) mass is 310 g/mol. The molecule has 0 aliphatic rings. The van der Waals surface area contributed by atoms with Crippen molar-refractivity contribution in [1.29, 1.82) is 0 Å². The fraction of sp³-hybridized carbons (Fsp3) is 0.467. The third kappa shape index (κ3) is 5.48. The average molecular weight is 310 g/mol. The van der Waals surface area contributed by atoms with Crippen LogP contribution in [0, 0.1) is 11.8 Å². The number of likely N-dealkylation sites (N-methyl/N-ethyl adjacent to an activating group) is 1. The second-order valence-corrected chi connectivity index (χ2v) is 6.12. The van der Waals surface area contributed by atoms with Gasteiger partial charge in [-0.05, 0) is 25.2 Å². The number of sulfonamides is 1. The molecular weight excluding hydrogens is 288 g/mol. The fourth-order valence-electron chi connectivity index (χ4n) is 1.89. The Balaban J connectivity index is 2.83. The SMILES string of the molecule is CCN(CC)CCNS(=O)(=O)c1ccccc1C#CCO. The number of hydrogen-bond acceptors (Lipinski definition) is 4. The van der Waals surface area contributed by atoms with E-state index in [9.17, 15) is 8.42 Å². The van der Waals surface area contributed by atoms with E-state index in [0.29, 0.717) is 18.7 Å². The Morgan fingerprint density at radius 1 is 1.24 bits per heavy atom. The zero-order valence-corrected chi connectivity index (χ0v) is 13.3. The van der Waals surface area contributed by atoms with Crippen LogP contribution in [0.3, 0.4) is 0 Å². The molecule has 0 spiro atoms. The normalized spacial score (nSPS) is 11.2. The molecule has 2 N–H and O–H groups in total. The molecule has 116 valence electrons. The summed E-state index contributed by atoms with van der Waals surface area (Å²) in [5.74, 6) is 5.14. The summed E-state index contributed by atoms with van der Waals surface area (Å²) in [5.41, 5.74) is 0.391. The highest BCUT2D eigenvalue weighted by molar-refractivity contribution is 7.89. The predicted molar refractivity (Wildman–Crippen MR) is 83.4 cm³/mol. The molecule has 0 bridgehead atoms. The summed E-state index contributed by atoms with van der Waals surface area (Å²) >= 11 is 0. The topological polar surface area (TPSA) is 69.6 Å². The minimum atomic E-state index is -3.59. The van der Waals surface area contributed by atoms with E-state index in [1.165, 1.54) is 6.07 Å². The van der Waals surface area contributed by atoms with Crippen LogP contribution < -0.4 is 4.72 Å². The molecule has 5 nitrogen and oxygen atoms in total. The first-order valence-electron chi connectivity index (χ1n) is 6.96. The average Bonchev–Trinajstić information content (AvgIpc) is 2.49. The van der Waals surface area contributed by atoms with Crippen molar-refractivity contribution in [3.8, 4) is 11.8 Å². The minimum Gasteiger partial charge on any atom is -0.384 e. The van der Waals surface area contributed by atoms with Crippen molar-refractivity contribution in [2.24, 2.45) is 0 Å². The Morgan fingerprint density at radius 3 is 2.52 bits per heavy atom. The molecule has 6 heteroatoms. The van der Waals surface area contributed by atoms with Gasteiger partial charge in [0.2, 0.25) is 10.0 Å². The molecule has 0 amide bonds. The van der Waals surface area contributed by atoms with E-state index >= 15 is 0 Å². The van der Waals surface area contributed by atoms with Gasteiger partial charge in [-0.3, -0.25) is 0 Å². The maximum absolute atomic E-state index is 12.3. The van der Waals surface area contributed by atoms with E-state index in [-0.39, 0.29) is 11.5 Å². The quantitative estimate of drug-likeness (QED) is 0.726. The van der Waals surface area contributed by atoms with Gasteiger partial charge in [0, 0.05) is 18.7 Å². The number of aliphatic hydroxyl groups is 1. The number of nitrogens with one attached hydrogen (secondary N) is 1. The van der Waals surface area contributed by atoms with Gasteiger partial charge < -0.3 is 10.0 Å². The molecule has 0 saturated heterocycles. The van der Waals surface area contributed by atoms with Gasteiger partial charge in [0.05, 0.1) is 4.90 Å². The molecular formula is C15H22N2O3S. The summed E-state index contributed by atoms with van der Waals surface area (Å²) in [6, 6.07) is 6.52. The van der Waals surface area contributed by atoms with Crippen molar-refractivity contribution in [3.63, 3.8) is 0 Å². The fourth-order valence-corrected chi connectivity index (χ4v) is 3.08. The molecule has 0 heterocycles.